The fourth-order valence-corrected chi connectivity index (χ4v) is 3.00. The molecule has 122 valence electrons. The van der Waals surface area contributed by atoms with Crippen LogP contribution in [0.25, 0.3) is 5.69 Å². The molecule has 0 unspecified atom stereocenters. The molecule has 1 aromatic heterocycles. The molecule has 0 aliphatic carbocycles. The molecule has 2 aromatic rings. The molecule has 7 heteroatoms. The number of thiocarbonyl (C=S) groups is 1. The lowest BCUT2D eigenvalue weighted by Crippen LogP contribution is -2.31. The van der Waals surface area contributed by atoms with Gasteiger partial charge in [-0.2, -0.15) is 5.10 Å². The van der Waals surface area contributed by atoms with Crippen LogP contribution < -0.4 is 10.7 Å². The third-order valence-electron chi connectivity index (χ3n) is 3.33. The second-order valence-corrected chi connectivity index (χ2v) is 6.24. The van der Waals surface area contributed by atoms with Gasteiger partial charge in [-0.05, 0) is 57.3 Å². The van der Waals surface area contributed by atoms with Gasteiger partial charge in [-0.3, -0.25) is 5.43 Å². The zero-order valence-corrected chi connectivity index (χ0v) is 15.5. The SMILES string of the molecule is CCNC(=S)N/N=C\c1cc(C)n(-c2ccc(Cl)cc2Cl)c1C. The van der Waals surface area contributed by atoms with Crippen molar-refractivity contribution in [2.45, 2.75) is 20.8 Å². The zero-order chi connectivity index (χ0) is 17.0. The molecule has 0 fully saturated rings. The van der Waals surface area contributed by atoms with Gasteiger partial charge in [-0.1, -0.05) is 23.2 Å². The number of nitrogens with one attached hydrogen (secondary N) is 2. The molecule has 23 heavy (non-hydrogen) atoms. The first-order valence-electron chi connectivity index (χ1n) is 7.15. The largest absolute Gasteiger partial charge is 0.362 e. The number of halogens is 2. The third-order valence-corrected chi connectivity index (χ3v) is 4.10. The van der Waals surface area contributed by atoms with Crippen molar-refractivity contribution < 1.29 is 0 Å². The van der Waals surface area contributed by atoms with E-state index in [4.69, 9.17) is 35.4 Å². The first kappa shape index (κ1) is 17.8. The summed E-state index contributed by atoms with van der Waals surface area (Å²) in [5, 5.41) is 8.85. The van der Waals surface area contributed by atoms with Crippen LogP contribution in [0.2, 0.25) is 10.0 Å². The molecule has 0 saturated heterocycles. The molecule has 2 N–H and O–H groups in total. The summed E-state index contributed by atoms with van der Waals surface area (Å²) in [6.07, 6.45) is 1.74. The molecule has 4 nitrogen and oxygen atoms in total. The van der Waals surface area contributed by atoms with E-state index in [2.05, 4.69) is 20.4 Å². The Morgan fingerprint density at radius 1 is 1.30 bits per heavy atom. The highest BCUT2D eigenvalue weighted by Crippen LogP contribution is 2.28. The van der Waals surface area contributed by atoms with Crippen molar-refractivity contribution in [2.75, 3.05) is 6.54 Å². The van der Waals surface area contributed by atoms with E-state index in [1.807, 2.05) is 39.0 Å². The first-order chi connectivity index (χ1) is 10.9. The second kappa shape index (κ2) is 7.81. The summed E-state index contributed by atoms with van der Waals surface area (Å²) in [5.41, 5.74) is 6.75. The maximum atomic E-state index is 6.32. The van der Waals surface area contributed by atoms with Crippen LogP contribution in [0.3, 0.4) is 0 Å². The summed E-state index contributed by atoms with van der Waals surface area (Å²) in [6, 6.07) is 7.51. The Kier molecular flexibility index (Phi) is 6.04. The van der Waals surface area contributed by atoms with Crippen LogP contribution in [-0.2, 0) is 0 Å². The van der Waals surface area contributed by atoms with E-state index in [0.29, 0.717) is 15.2 Å². The minimum atomic E-state index is 0.498. The maximum absolute atomic E-state index is 6.32. The van der Waals surface area contributed by atoms with Crippen molar-refractivity contribution in [3.05, 3.63) is 51.3 Å². The highest BCUT2D eigenvalue weighted by molar-refractivity contribution is 7.80. The van der Waals surface area contributed by atoms with Crippen molar-refractivity contribution in [3.8, 4) is 5.69 Å². The summed E-state index contributed by atoms with van der Waals surface area (Å²) in [7, 11) is 0. The number of hydrazone groups is 1. The van der Waals surface area contributed by atoms with Gasteiger partial charge >= 0.3 is 0 Å². The number of rotatable bonds is 4. The monoisotopic (exact) mass is 368 g/mol. The highest BCUT2D eigenvalue weighted by Gasteiger charge is 2.12. The van der Waals surface area contributed by atoms with Gasteiger partial charge in [0.15, 0.2) is 5.11 Å². The van der Waals surface area contributed by atoms with Gasteiger partial charge in [-0.15, -0.1) is 0 Å². The van der Waals surface area contributed by atoms with Gasteiger partial charge in [0.05, 0.1) is 16.9 Å². The first-order valence-corrected chi connectivity index (χ1v) is 8.31. The van der Waals surface area contributed by atoms with Gasteiger partial charge < -0.3 is 9.88 Å². The van der Waals surface area contributed by atoms with Gasteiger partial charge in [0.2, 0.25) is 0 Å². The molecule has 1 aromatic carbocycles. The summed E-state index contributed by atoms with van der Waals surface area (Å²) >= 11 is 17.4. The van der Waals surface area contributed by atoms with Crippen molar-refractivity contribution in [3.63, 3.8) is 0 Å². The third kappa shape index (κ3) is 4.25. The number of aryl methyl sites for hydroxylation is 1. The number of benzene rings is 1. The predicted octanol–water partition coefficient (Wildman–Crippen LogP) is 4.22. The summed E-state index contributed by atoms with van der Waals surface area (Å²) in [6.45, 7) is 6.76. The molecule has 0 bridgehead atoms. The normalized spacial score (nSPS) is 11.0. The van der Waals surface area contributed by atoms with Crippen LogP contribution in [0.5, 0.6) is 0 Å². The molecule has 0 saturated carbocycles. The fraction of sp³-hybridized carbons (Fsp3) is 0.250. The van der Waals surface area contributed by atoms with E-state index in [0.717, 1.165) is 29.2 Å². The van der Waals surface area contributed by atoms with E-state index in [-0.39, 0.29) is 0 Å². The molecule has 2 rings (SSSR count). The van der Waals surface area contributed by atoms with Crippen LogP contribution in [0.1, 0.15) is 23.9 Å². The van der Waals surface area contributed by atoms with Crippen LogP contribution in [0.15, 0.2) is 29.4 Å². The Hall–Kier alpha value is -1.56. The maximum Gasteiger partial charge on any atom is 0.186 e. The minimum absolute atomic E-state index is 0.498. The number of aromatic nitrogens is 1. The average Bonchev–Trinajstić information content (AvgIpc) is 2.75. The average molecular weight is 369 g/mol. The number of hydrogen-bond acceptors (Lipinski definition) is 2. The molecule has 0 aliphatic heterocycles. The van der Waals surface area contributed by atoms with Crippen molar-refractivity contribution in [1.82, 2.24) is 15.3 Å². The van der Waals surface area contributed by atoms with Gasteiger partial charge in [0, 0.05) is 28.5 Å². The summed E-state index contributed by atoms with van der Waals surface area (Å²) < 4.78 is 2.07. The van der Waals surface area contributed by atoms with Gasteiger partial charge in [-0.25, -0.2) is 0 Å². The van der Waals surface area contributed by atoms with Gasteiger partial charge in [0.1, 0.15) is 0 Å². The minimum Gasteiger partial charge on any atom is -0.362 e. The summed E-state index contributed by atoms with van der Waals surface area (Å²) in [5.74, 6) is 0. The lowest BCUT2D eigenvalue weighted by Gasteiger charge is -2.11. The molecule has 0 aliphatic rings. The Bertz CT molecular complexity index is 753. The predicted molar refractivity (Wildman–Crippen MR) is 102 cm³/mol. The standard InChI is InChI=1S/C16H18Cl2N4S/c1-4-19-16(23)21-20-9-12-7-10(2)22(11(12)3)15-6-5-13(17)8-14(15)18/h5-9H,4H2,1-3H3,(H2,19,21,23)/b20-9-. The quantitative estimate of drug-likeness (QED) is 0.482. The van der Waals surface area contributed by atoms with Crippen molar-refractivity contribution >= 4 is 46.7 Å². The Morgan fingerprint density at radius 3 is 2.70 bits per heavy atom. The molecule has 0 radical (unpaired) electrons. The Labute approximate surface area is 151 Å². The van der Waals surface area contributed by atoms with E-state index in [9.17, 15) is 0 Å². The topological polar surface area (TPSA) is 41.4 Å². The molecular weight excluding hydrogens is 351 g/mol. The van der Waals surface area contributed by atoms with Crippen LogP contribution in [-0.4, -0.2) is 22.4 Å². The molecule has 0 spiro atoms. The molecular formula is C16H18Cl2N4S. The zero-order valence-electron chi connectivity index (χ0n) is 13.2. The highest BCUT2D eigenvalue weighted by atomic mass is 35.5. The van der Waals surface area contributed by atoms with Crippen LogP contribution in [0, 0.1) is 13.8 Å². The number of hydrogen-bond donors (Lipinski definition) is 2. The number of nitrogens with zero attached hydrogens (tertiary/aromatic N) is 2. The van der Waals surface area contributed by atoms with E-state index < -0.39 is 0 Å². The Morgan fingerprint density at radius 2 is 2.04 bits per heavy atom. The second-order valence-electron chi connectivity index (χ2n) is 4.99. The van der Waals surface area contributed by atoms with E-state index in [1.165, 1.54) is 0 Å². The lowest BCUT2D eigenvalue weighted by molar-refractivity contribution is 0.903. The van der Waals surface area contributed by atoms with E-state index in [1.54, 1.807) is 12.3 Å². The molecule has 1 heterocycles. The van der Waals surface area contributed by atoms with E-state index >= 15 is 0 Å². The van der Waals surface area contributed by atoms with Gasteiger partial charge in [0.25, 0.3) is 0 Å². The van der Waals surface area contributed by atoms with Crippen molar-refractivity contribution in [2.24, 2.45) is 5.10 Å². The Balaban J connectivity index is 2.29. The van der Waals surface area contributed by atoms with Crippen LogP contribution >= 0.6 is 35.4 Å². The lowest BCUT2D eigenvalue weighted by atomic mass is 10.2. The molecule has 0 amide bonds. The molecule has 0 atom stereocenters. The summed E-state index contributed by atoms with van der Waals surface area (Å²) in [4.78, 5) is 0. The van der Waals surface area contributed by atoms with Crippen LogP contribution in [0.4, 0.5) is 0 Å². The smallest absolute Gasteiger partial charge is 0.186 e. The fourth-order valence-electron chi connectivity index (χ4n) is 2.31. The van der Waals surface area contributed by atoms with Crippen molar-refractivity contribution in [1.29, 1.82) is 0 Å².